The number of nitrogen functional groups attached to an aromatic ring is 1. The topological polar surface area (TPSA) is 51.8 Å². The van der Waals surface area contributed by atoms with Gasteiger partial charge in [0.1, 0.15) is 0 Å². The van der Waals surface area contributed by atoms with Crippen LogP contribution in [0.25, 0.3) is 21.1 Å². The second-order valence-corrected chi connectivity index (χ2v) is 4.67. The molecule has 15 heavy (non-hydrogen) atoms. The number of fused-ring (bicyclic) bond motifs is 3. The largest absolute Gasteiger partial charge is 0.398 e. The summed E-state index contributed by atoms with van der Waals surface area (Å²) in [7, 11) is 0. The van der Waals surface area contributed by atoms with E-state index < -0.39 is 0 Å². The monoisotopic (exact) mass is 215 g/mol. The summed E-state index contributed by atoms with van der Waals surface area (Å²) in [6.07, 6.45) is 1.72. The number of hydrogen-bond donors (Lipinski definition) is 1. The standard InChI is InChI=1S/C11H9N3S/c1-6-14-11-9(15-6)3-2-8-10(11)7(12)4-5-13-8/h2-5H,1H3,(H2,12,13). The number of hydrogen-bond acceptors (Lipinski definition) is 4. The third-order valence-electron chi connectivity index (χ3n) is 2.40. The van der Waals surface area contributed by atoms with Crippen LogP contribution in [0.5, 0.6) is 0 Å². The van der Waals surface area contributed by atoms with Crippen molar-refractivity contribution in [3.63, 3.8) is 0 Å². The summed E-state index contributed by atoms with van der Waals surface area (Å²) in [5.74, 6) is 0. The van der Waals surface area contributed by atoms with Gasteiger partial charge in [-0.3, -0.25) is 4.98 Å². The second kappa shape index (κ2) is 2.90. The zero-order valence-corrected chi connectivity index (χ0v) is 9.01. The highest BCUT2D eigenvalue weighted by atomic mass is 32.1. The van der Waals surface area contributed by atoms with Crippen LogP contribution in [0.3, 0.4) is 0 Å². The van der Waals surface area contributed by atoms with Crippen molar-refractivity contribution in [1.29, 1.82) is 0 Å². The highest BCUT2D eigenvalue weighted by Crippen LogP contribution is 2.31. The molecule has 0 radical (unpaired) electrons. The zero-order valence-electron chi connectivity index (χ0n) is 8.19. The molecular formula is C11H9N3S. The van der Waals surface area contributed by atoms with Gasteiger partial charge in [-0.2, -0.15) is 0 Å². The van der Waals surface area contributed by atoms with Crippen LogP contribution in [0, 0.1) is 6.92 Å². The first-order chi connectivity index (χ1) is 7.25. The molecule has 0 unspecified atom stereocenters. The average Bonchev–Trinajstić information content (AvgIpc) is 2.58. The van der Waals surface area contributed by atoms with E-state index in [9.17, 15) is 0 Å². The third kappa shape index (κ3) is 1.18. The second-order valence-electron chi connectivity index (χ2n) is 3.44. The van der Waals surface area contributed by atoms with Crippen LogP contribution in [-0.2, 0) is 0 Å². The normalized spacial score (nSPS) is 11.3. The number of thiazole rings is 1. The van der Waals surface area contributed by atoms with E-state index >= 15 is 0 Å². The molecule has 2 heterocycles. The molecule has 74 valence electrons. The summed E-state index contributed by atoms with van der Waals surface area (Å²) >= 11 is 1.68. The van der Waals surface area contributed by atoms with E-state index in [-0.39, 0.29) is 0 Å². The van der Waals surface area contributed by atoms with E-state index in [1.165, 1.54) is 4.70 Å². The number of aromatic nitrogens is 2. The van der Waals surface area contributed by atoms with Gasteiger partial charge in [0.15, 0.2) is 0 Å². The Kier molecular flexibility index (Phi) is 1.67. The first-order valence-electron chi connectivity index (χ1n) is 4.66. The Morgan fingerprint density at radius 2 is 2.13 bits per heavy atom. The summed E-state index contributed by atoms with van der Waals surface area (Å²) in [6.45, 7) is 2.00. The van der Waals surface area contributed by atoms with Crippen molar-refractivity contribution in [2.45, 2.75) is 6.92 Å². The Morgan fingerprint density at radius 1 is 1.27 bits per heavy atom. The molecule has 0 aliphatic rings. The van der Waals surface area contributed by atoms with Gasteiger partial charge < -0.3 is 5.73 Å². The lowest BCUT2D eigenvalue weighted by molar-refractivity contribution is 1.35. The van der Waals surface area contributed by atoms with Gasteiger partial charge in [0, 0.05) is 11.9 Å². The molecule has 2 N–H and O–H groups in total. The number of anilines is 1. The van der Waals surface area contributed by atoms with Crippen molar-refractivity contribution in [2.75, 3.05) is 5.73 Å². The summed E-state index contributed by atoms with van der Waals surface area (Å²) in [5.41, 5.74) is 8.59. The van der Waals surface area contributed by atoms with Crippen molar-refractivity contribution in [3.8, 4) is 0 Å². The van der Waals surface area contributed by atoms with Crippen LogP contribution in [0.4, 0.5) is 5.69 Å². The van der Waals surface area contributed by atoms with Gasteiger partial charge >= 0.3 is 0 Å². The predicted octanol–water partition coefficient (Wildman–Crippen LogP) is 2.74. The molecule has 2 aromatic heterocycles. The molecule has 0 fully saturated rings. The first kappa shape index (κ1) is 8.61. The quantitative estimate of drug-likeness (QED) is 0.627. The highest BCUT2D eigenvalue weighted by molar-refractivity contribution is 7.18. The van der Waals surface area contributed by atoms with Gasteiger partial charge in [-0.15, -0.1) is 11.3 Å². The Bertz CT molecular complexity index is 657. The molecule has 0 bridgehead atoms. The number of pyridine rings is 1. The third-order valence-corrected chi connectivity index (χ3v) is 3.34. The summed E-state index contributed by atoms with van der Waals surface area (Å²) in [5, 5.41) is 2.03. The smallest absolute Gasteiger partial charge is 0.0930 e. The van der Waals surface area contributed by atoms with E-state index in [0.717, 1.165) is 27.1 Å². The van der Waals surface area contributed by atoms with Gasteiger partial charge in [0.25, 0.3) is 0 Å². The van der Waals surface area contributed by atoms with Crippen LogP contribution in [-0.4, -0.2) is 9.97 Å². The summed E-state index contributed by atoms with van der Waals surface area (Å²) in [6, 6.07) is 5.86. The number of benzene rings is 1. The Morgan fingerprint density at radius 3 is 3.00 bits per heavy atom. The van der Waals surface area contributed by atoms with Crippen LogP contribution in [0.15, 0.2) is 24.4 Å². The van der Waals surface area contributed by atoms with E-state index in [1.807, 2.05) is 19.1 Å². The van der Waals surface area contributed by atoms with Crippen LogP contribution >= 0.6 is 11.3 Å². The van der Waals surface area contributed by atoms with E-state index in [1.54, 1.807) is 17.5 Å². The molecule has 3 aromatic rings. The lowest BCUT2D eigenvalue weighted by Crippen LogP contribution is -1.89. The van der Waals surface area contributed by atoms with E-state index in [4.69, 9.17) is 5.73 Å². The van der Waals surface area contributed by atoms with Crippen molar-refractivity contribution < 1.29 is 0 Å². The van der Waals surface area contributed by atoms with Gasteiger partial charge in [-0.25, -0.2) is 4.98 Å². The Balaban J connectivity index is 2.62. The molecule has 0 aliphatic heterocycles. The summed E-state index contributed by atoms with van der Waals surface area (Å²) in [4.78, 5) is 8.79. The zero-order chi connectivity index (χ0) is 10.4. The minimum Gasteiger partial charge on any atom is -0.398 e. The molecule has 3 rings (SSSR count). The first-order valence-corrected chi connectivity index (χ1v) is 5.48. The minimum absolute atomic E-state index is 0.746. The predicted molar refractivity (Wildman–Crippen MR) is 64.1 cm³/mol. The van der Waals surface area contributed by atoms with Crippen molar-refractivity contribution in [2.24, 2.45) is 0 Å². The van der Waals surface area contributed by atoms with Crippen molar-refractivity contribution in [1.82, 2.24) is 9.97 Å². The number of nitrogens with zero attached hydrogens (tertiary/aromatic N) is 2. The van der Waals surface area contributed by atoms with E-state index in [0.29, 0.717) is 0 Å². The number of nitrogens with two attached hydrogens (primary N) is 1. The molecule has 0 aliphatic carbocycles. The van der Waals surface area contributed by atoms with Crippen molar-refractivity contribution >= 4 is 38.1 Å². The molecule has 0 spiro atoms. The van der Waals surface area contributed by atoms with Gasteiger partial charge in [0.05, 0.1) is 26.1 Å². The number of aryl methyl sites for hydroxylation is 1. The SMILES string of the molecule is Cc1nc2c(ccc3nccc(N)c32)s1. The summed E-state index contributed by atoms with van der Waals surface area (Å²) < 4.78 is 1.17. The lowest BCUT2D eigenvalue weighted by Gasteiger charge is -2.00. The lowest BCUT2D eigenvalue weighted by atomic mass is 10.1. The molecule has 0 saturated carbocycles. The molecule has 1 aromatic carbocycles. The molecular weight excluding hydrogens is 206 g/mol. The van der Waals surface area contributed by atoms with Gasteiger partial charge in [-0.1, -0.05) is 0 Å². The van der Waals surface area contributed by atoms with Crippen LogP contribution in [0.1, 0.15) is 5.01 Å². The van der Waals surface area contributed by atoms with E-state index in [2.05, 4.69) is 16.0 Å². The van der Waals surface area contributed by atoms with Crippen molar-refractivity contribution in [3.05, 3.63) is 29.4 Å². The Labute approximate surface area is 90.6 Å². The fourth-order valence-electron chi connectivity index (χ4n) is 1.77. The van der Waals surface area contributed by atoms with Crippen LogP contribution in [0.2, 0.25) is 0 Å². The van der Waals surface area contributed by atoms with Gasteiger partial charge in [0.2, 0.25) is 0 Å². The maximum Gasteiger partial charge on any atom is 0.0930 e. The molecule has 0 amide bonds. The highest BCUT2D eigenvalue weighted by Gasteiger charge is 2.08. The number of rotatable bonds is 0. The molecule has 0 atom stereocenters. The fraction of sp³-hybridized carbons (Fsp3) is 0.0909. The minimum atomic E-state index is 0.746. The maximum absolute atomic E-state index is 5.96. The van der Waals surface area contributed by atoms with Crippen LogP contribution < -0.4 is 5.73 Å². The molecule has 4 heteroatoms. The Hall–Kier alpha value is -1.68. The molecule has 3 nitrogen and oxygen atoms in total. The average molecular weight is 215 g/mol. The molecule has 0 saturated heterocycles. The maximum atomic E-state index is 5.96. The van der Waals surface area contributed by atoms with Gasteiger partial charge in [-0.05, 0) is 25.1 Å². The fourth-order valence-corrected chi connectivity index (χ4v) is 2.60.